The SMILES string of the molecule is O=[N+]([O-])c1cccc(/C(Cl)=N\N=C(\Cl)c2ccc(C(F)(F)F)cc2)c1. The van der Waals surface area contributed by atoms with Crippen LogP contribution in [0.15, 0.2) is 58.7 Å². The molecule has 0 saturated carbocycles. The topological polar surface area (TPSA) is 67.9 Å². The molecule has 0 aliphatic heterocycles. The van der Waals surface area contributed by atoms with Gasteiger partial charge in [0.2, 0.25) is 0 Å². The van der Waals surface area contributed by atoms with Crippen molar-refractivity contribution in [2.45, 2.75) is 6.18 Å². The molecule has 0 fully saturated rings. The third-order valence-electron chi connectivity index (χ3n) is 2.97. The quantitative estimate of drug-likeness (QED) is 0.409. The fourth-order valence-electron chi connectivity index (χ4n) is 1.75. The van der Waals surface area contributed by atoms with Crippen molar-refractivity contribution in [2.24, 2.45) is 10.2 Å². The number of nitrogens with zero attached hydrogens (tertiary/aromatic N) is 3. The summed E-state index contributed by atoms with van der Waals surface area (Å²) in [6, 6.07) is 9.40. The van der Waals surface area contributed by atoms with Gasteiger partial charge in [0.05, 0.1) is 10.5 Å². The van der Waals surface area contributed by atoms with Crippen LogP contribution in [0, 0.1) is 10.1 Å². The maximum Gasteiger partial charge on any atom is 0.416 e. The summed E-state index contributed by atoms with van der Waals surface area (Å²) >= 11 is 11.8. The minimum absolute atomic E-state index is 0.159. The number of hydrogen-bond donors (Lipinski definition) is 0. The lowest BCUT2D eigenvalue weighted by molar-refractivity contribution is -0.384. The number of rotatable bonds is 4. The lowest BCUT2D eigenvalue weighted by atomic mass is 10.1. The van der Waals surface area contributed by atoms with Crippen molar-refractivity contribution in [3.05, 3.63) is 75.3 Å². The van der Waals surface area contributed by atoms with Crippen LogP contribution in [-0.4, -0.2) is 15.3 Å². The van der Waals surface area contributed by atoms with E-state index in [4.69, 9.17) is 23.2 Å². The van der Waals surface area contributed by atoms with Gasteiger partial charge in [-0.2, -0.15) is 13.2 Å². The third kappa shape index (κ3) is 5.01. The van der Waals surface area contributed by atoms with Crippen LogP contribution in [-0.2, 0) is 6.18 Å². The molecule has 0 aliphatic carbocycles. The Balaban J connectivity index is 2.23. The van der Waals surface area contributed by atoms with E-state index in [9.17, 15) is 23.3 Å². The van der Waals surface area contributed by atoms with Gasteiger partial charge in [-0.05, 0) is 12.1 Å². The van der Waals surface area contributed by atoms with Crippen molar-refractivity contribution in [3.63, 3.8) is 0 Å². The highest BCUT2D eigenvalue weighted by molar-refractivity contribution is 6.71. The van der Waals surface area contributed by atoms with Gasteiger partial charge in [-0.3, -0.25) is 10.1 Å². The molecule has 130 valence electrons. The zero-order valence-corrected chi connectivity index (χ0v) is 13.7. The predicted molar refractivity (Wildman–Crippen MR) is 89.3 cm³/mol. The van der Waals surface area contributed by atoms with Crippen LogP contribution in [0.2, 0.25) is 0 Å². The van der Waals surface area contributed by atoms with Crippen molar-refractivity contribution in [2.75, 3.05) is 0 Å². The van der Waals surface area contributed by atoms with E-state index in [1.54, 1.807) is 0 Å². The number of nitro benzene ring substituents is 1. The first kappa shape index (κ1) is 18.9. The molecule has 0 aliphatic rings. The minimum atomic E-state index is -4.45. The third-order valence-corrected chi connectivity index (χ3v) is 3.56. The van der Waals surface area contributed by atoms with Crippen LogP contribution in [0.3, 0.4) is 0 Å². The highest BCUT2D eigenvalue weighted by atomic mass is 35.5. The van der Waals surface area contributed by atoms with E-state index >= 15 is 0 Å². The second kappa shape index (κ2) is 7.62. The first-order valence-electron chi connectivity index (χ1n) is 6.57. The molecule has 0 spiro atoms. The summed E-state index contributed by atoms with van der Waals surface area (Å²) < 4.78 is 37.5. The second-order valence-electron chi connectivity index (χ2n) is 4.66. The second-order valence-corrected chi connectivity index (χ2v) is 5.38. The van der Waals surface area contributed by atoms with Crippen LogP contribution in [0.25, 0.3) is 0 Å². The van der Waals surface area contributed by atoms with Gasteiger partial charge in [0.25, 0.3) is 5.69 Å². The summed E-state index contributed by atoms with van der Waals surface area (Å²) in [5, 5.41) is 17.6. The van der Waals surface area contributed by atoms with Crippen LogP contribution >= 0.6 is 23.2 Å². The summed E-state index contributed by atoms with van der Waals surface area (Å²) in [4.78, 5) is 10.1. The molecule has 5 nitrogen and oxygen atoms in total. The Morgan fingerprint density at radius 1 is 0.960 bits per heavy atom. The van der Waals surface area contributed by atoms with Gasteiger partial charge in [-0.1, -0.05) is 47.5 Å². The fraction of sp³-hybridized carbons (Fsp3) is 0.0667. The Kier molecular flexibility index (Phi) is 5.76. The van der Waals surface area contributed by atoms with Crippen molar-refractivity contribution in [1.29, 1.82) is 0 Å². The first-order valence-corrected chi connectivity index (χ1v) is 7.33. The monoisotopic (exact) mass is 389 g/mol. The Hall–Kier alpha value is -2.45. The molecule has 25 heavy (non-hydrogen) atoms. The molecule has 0 bridgehead atoms. The van der Waals surface area contributed by atoms with E-state index < -0.39 is 16.7 Å². The molecular weight excluding hydrogens is 382 g/mol. The fourth-order valence-corrected chi connectivity index (χ4v) is 2.07. The van der Waals surface area contributed by atoms with Gasteiger partial charge in [-0.25, -0.2) is 0 Å². The molecular formula is C15H8Cl2F3N3O2. The summed E-state index contributed by atoms with van der Waals surface area (Å²) in [6.45, 7) is 0. The van der Waals surface area contributed by atoms with Crippen LogP contribution in [0.5, 0.6) is 0 Å². The number of non-ortho nitro benzene ring substituents is 1. The molecule has 2 rings (SSSR count). The molecule has 0 saturated heterocycles. The molecule has 0 unspecified atom stereocenters. The Morgan fingerprint density at radius 3 is 2.04 bits per heavy atom. The van der Waals surface area contributed by atoms with E-state index in [0.29, 0.717) is 0 Å². The molecule has 0 N–H and O–H groups in total. The van der Waals surface area contributed by atoms with E-state index in [1.807, 2.05) is 0 Å². The number of nitro groups is 1. The average molecular weight is 390 g/mol. The Morgan fingerprint density at radius 2 is 1.52 bits per heavy atom. The van der Waals surface area contributed by atoms with Gasteiger partial charge < -0.3 is 0 Å². The van der Waals surface area contributed by atoms with Gasteiger partial charge >= 0.3 is 6.18 Å². The van der Waals surface area contributed by atoms with Gasteiger partial charge in [0.15, 0.2) is 10.3 Å². The first-order chi connectivity index (χ1) is 11.7. The highest BCUT2D eigenvalue weighted by Gasteiger charge is 2.30. The van der Waals surface area contributed by atoms with Crippen molar-refractivity contribution in [1.82, 2.24) is 0 Å². The van der Waals surface area contributed by atoms with Crippen LogP contribution in [0.1, 0.15) is 16.7 Å². The Bertz CT molecular complexity index is 850. The number of halogens is 5. The smallest absolute Gasteiger partial charge is 0.258 e. The molecule has 0 aromatic heterocycles. The lowest BCUT2D eigenvalue weighted by Gasteiger charge is -2.06. The average Bonchev–Trinajstić information content (AvgIpc) is 2.58. The summed E-state index contributed by atoms with van der Waals surface area (Å²) in [7, 11) is 0. The summed E-state index contributed by atoms with van der Waals surface area (Å²) in [5.41, 5.74) is -0.541. The maximum absolute atomic E-state index is 12.5. The van der Waals surface area contributed by atoms with Crippen LogP contribution < -0.4 is 0 Å². The molecule has 0 atom stereocenters. The maximum atomic E-state index is 12.5. The standard InChI is InChI=1S/C15H8Cl2F3N3O2/c16-13(9-4-6-11(7-5-9)15(18,19)20)21-22-14(17)10-2-1-3-12(8-10)23(24)25/h1-8H/b21-13+,22-14+. The Labute approximate surface area is 149 Å². The molecule has 2 aromatic rings. The number of benzene rings is 2. The molecule has 0 amide bonds. The van der Waals surface area contributed by atoms with E-state index in [2.05, 4.69) is 10.2 Å². The van der Waals surface area contributed by atoms with E-state index in [0.717, 1.165) is 24.3 Å². The highest BCUT2D eigenvalue weighted by Crippen LogP contribution is 2.29. The largest absolute Gasteiger partial charge is 0.416 e. The molecule has 10 heteroatoms. The molecule has 2 aromatic carbocycles. The normalized spacial score (nSPS) is 13.0. The van der Waals surface area contributed by atoms with Crippen molar-refractivity contribution >= 4 is 39.2 Å². The van der Waals surface area contributed by atoms with E-state index in [1.165, 1.54) is 24.3 Å². The van der Waals surface area contributed by atoms with Crippen molar-refractivity contribution in [3.8, 4) is 0 Å². The van der Waals surface area contributed by atoms with Crippen LogP contribution in [0.4, 0.5) is 18.9 Å². The number of alkyl halides is 3. The van der Waals surface area contributed by atoms with Crippen molar-refractivity contribution < 1.29 is 18.1 Å². The summed E-state index contributed by atoms with van der Waals surface area (Å²) in [6.07, 6.45) is -4.45. The minimum Gasteiger partial charge on any atom is -0.258 e. The molecule has 0 heterocycles. The number of hydrogen-bond acceptors (Lipinski definition) is 4. The lowest BCUT2D eigenvalue weighted by Crippen LogP contribution is -2.05. The van der Waals surface area contributed by atoms with Gasteiger partial charge in [0, 0.05) is 23.3 Å². The predicted octanol–water partition coefficient (Wildman–Crippen LogP) is 5.20. The molecule has 0 radical (unpaired) electrons. The summed E-state index contributed by atoms with van der Waals surface area (Å²) in [5.74, 6) is 0. The van der Waals surface area contributed by atoms with E-state index in [-0.39, 0.29) is 27.2 Å². The zero-order valence-electron chi connectivity index (χ0n) is 12.2. The van der Waals surface area contributed by atoms with Gasteiger partial charge in [-0.15, -0.1) is 10.2 Å². The zero-order chi connectivity index (χ0) is 18.6. The van der Waals surface area contributed by atoms with Gasteiger partial charge in [0.1, 0.15) is 0 Å².